The fourth-order valence-corrected chi connectivity index (χ4v) is 15.9. The summed E-state index contributed by atoms with van der Waals surface area (Å²) in [5, 5.41) is 12.6. The van der Waals surface area contributed by atoms with Gasteiger partial charge in [0.1, 0.15) is 5.75 Å². The van der Waals surface area contributed by atoms with Crippen LogP contribution in [-0.2, 0) is 22.7 Å². The third-order valence-electron chi connectivity index (χ3n) is 15.5. The zero-order chi connectivity index (χ0) is 25.7. The lowest BCUT2D eigenvalue weighted by Gasteiger charge is -2.62. The van der Waals surface area contributed by atoms with E-state index < -0.39 is 0 Å². The van der Waals surface area contributed by atoms with E-state index in [0.717, 1.165) is 59.0 Å². The lowest BCUT2D eigenvalue weighted by atomic mass is 9.42. The molecule has 12 aliphatic rings. The summed E-state index contributed by atoms with van der Waals surface area (Å²) in [4.78, 5) is 0. The minimum atomic E-state index is 0.293. The van der Waals surface area contributed by atoms with E-state index in [4.69, 9.17) is 0 Å². The zero-order valence-electron chi connectivity index (χ0n) is 24.7. The van der Waals surface area contributed by atoms with Gasteiger partial charge in [0.15, 0.2) is 0 Å². The van der Waals surface area contributed by atoms with Crippen molar-refractivity contribution in [2.24, 2.45) is 53.3 Å². The van der Waals surface area contributed by atoms with Crippen molar-refractivity contribution in [3.8, 4) is 5.75 Å². The largest absolute Gasteiger partial charge is 0.508 e. The molecule has 0 atom stereocenters. The molecule has 39 heavy (non-hydrogen) atoms. The van der Waals surface area contributed by atoms with Crippen LogP contribution in [0.2, 0.25) is 0 Å². The van der Waals surface area contributed by atoms with Crippen LogP contribution < -0.4 is 0 Å². The summed E-state index contributed by atoms with van der Waals surface area (Å²) >= 11 is 0. The van der Waals surface area contributed by atoms with Crippen LogP contribution in [0.1, 0.15) is 145 Å². The summed E-state index contributed by atoms with van der Waals surface area (Å²) < 4.78 is 0. The molecule has 1 aromatic rings. The Balaban J connectivity index is 1.22. The standard InChI is InChI=1S/C38H52O/c1-2-31-32(36-13-22-3-23(14-36)5-24(4-22)15-36)12-33(39)35(38-19-28-9-29(20-38)11-30(10-28)21-38)34(31)37-16-25-6-26(17-37)8-27(7-25)18-37/h12,22-30,39H,2-11,13-21H2,1H3. The smallest absolute Gasteiger partial charge is 0.119 e. The monoisotopic (exact) mass is 524 g/mol. The molecule has 0 heterocycles. The van der Waals surface area contributed by atoms with Crippen LogP contribution in [0.5, 0.6) is 5.75 Å². The summed E-state index contributed by atoms with van der Waals surface area (Å²) in [6, 6.07) is 2.48. The first-order valence-corrected chi connectivity index (χ1v) is 17.8. The van der Waals surface area contributed by atoms with E-state index in [1.54, 1.807) is 11.1 Å². The molecule has 0 aromatic heterocycles. The second-order valence-electron chi connectivity index (χ2n) is 18.1. The maximum Gasteiger partial charge on any atom is 0.119 e. The van der Waals surface area contributed by atoms with Crippen molar-refractivity contribution in [1.82, 2.24) is 0 Å². The van der Waals surface area contributed by atoms with Crippen LogP contribution in [0.4, 0.5) is 0 Å². The summed E-state index contributed by atoms with van der Waals surface area (Å²) in [6.45, 7) is 2.52. The molecule has 1 heteroatoms. The van der Waals surface area contributed by atoms with E-state index in [1.165, 1.54) is 122 Å². The first-order valence-electron chi connectivity index (χ1n) is 17.8. The molecule has 0 aliphatic heterocycles. The third kappa shape index (κ3) is 3.15. The molecule has 0 unspecified atom stereocenters. The predicted octanol–water partition coefficient (Wildman–Crippen LogP) is 9.36. The maximum absolute atomic E-state index is 12.6. The minimum absolute atomic E-state index is 0.293. The zero-order valence-corrected chi connectivity index (χ0v) is 24.7. The third-order valence-corrected chi connectivity index (χ3v) is 15.5. The number of phenols is 1. The van der Waals surface area contributed by atoms with E-state index >= 15 is 0 Å². The van der Waals surface area contributed by atoms with Crippen molar-refractivity contribution in [3.05, 3.63) is 28.3 Å². The second kappa shape index (κ2) is 7.69. The number of rotatable bonds is 4. The van der Waals surface area contributed by atoms with E-state index in [-0.39, 0.29) is 0 Å². The van der Waals surface area contributed by atoms with E-state index in [1.807, 2.05) is 11.1 Å². The number of hydrogen-bond acceptors (Lipinski definition) is 1. The molecular formula is C38H52O. The molecule has 12 bridgehead atoms. The van der Waals surface area contributed by atoms with Gasteiger partial charge in [0.05, 0.1) is 0 Å². The molecule has 12 fully saturated rings. The fourth-order valence-electron chi connectivity index (χ4n) is 15.9. The van der Waals surface area contributed by atoms with E-state index in [9.17, 15) is 5.11 Å². The molecule has 210 valence electrons. The Kier molecular flexibility index (Phi) is 4.65. The van der Waals surface area contributed by atoms with Gasteiger partial charge in [-0.1, -0.05) is 6.92 Å². The van der Waals surface area contributed by atoms with E-state index in [0.29, 0.717) is 16.2 Å². The fraction of sp³-hybridized carbons (Fsp3) is 0.842. The molecule has 12 aliphatic carbocycles. The highest BCUT2D eigenvalue weighted by Gasteiger charge is 2.59. The molecule has 0 amide bonds. The minimum Gasteiger partial charge on any atom is -0.508 e. The van der Waals surface area contributed by atoms with Gasteiger partial charge < -0.3 is 5.11 Å². The van der Waals surface area contributed by atoms with Crippen LogP contribution in [-0.4, -0.2) is 5.11 Å². The number of aromatic hydroxyl groups is 1. The van der Waals surface area contributed by atoms with Gasteiger partial charge in [-0.25, -0.2) is 0 Å². The highest BCUT2D eigenvalue weighted by molar-refractivity contribution is 5.59. The van der Waals surface area contributed by atoms with Crippen LogP contribution >= 0.6 is 0 Å². The topological polar surface area (TPSA) is 20.2 Å². The Morgan fingerprint density at radius 1 is 0.513 bits per heavy atom. The average molecular weight is 525 g/mol. The molecule has 0 spiro atoms. The van der Waals surface area contributed by atoms with Crippen molar-refractivity contribution in [3.63, 3.8) is 0 Å². The van der Waals surface area contributed by atoms with Gasteiger partial charge in [0, 0.05) is 11.0 Å². The van der Waals surface area contributed by atoms with Gasteiger partial charge in [0.25, 0.3) is 0 Å². The Labute approximate surface area is 237 Å². The Hall–Kier alpha value is -0.980. The lowest BCUT2D eigenvalue weighted by molar-refractivity contribution is -0.0197. The first kappa shape index (κ1) is 23.6. The van der Waals surface area contributed by atoms with Crippen LogP contribution in [0, 0.1) is 53.3 Å². The highest BCUT2D eigenvalue weighted by atomic mass is 16.3. The molecule has 1 aromatic carbocycles. The molecule has 1 nitrogen and oxygen atoms in total. The van der Waals surface area contributed by atoms with Gasteiger partial charge in [-0.2, -0.15) is 0 Å². The van der Waals surface area contributed by atoms with Crippen molar-refractivity contribution >= 4 is 0 Å². The summed E-state index contributed by atoms with van der Waals surface area (Å²) in [6.07, 6.45) is 27.6. The van der Waals surface area contributed by atoms with Gasteiger partial charge in [0.2, 0.25) is 0 Å². The van der Waals surface area contributed by atoms with Crippen molar-refractivity contribution < 1.29 is 5.11 Å². The molecule has 0 radical (unpaired) electrons. The SMILES string of the molecule is CCc1c(C23CC4CC(CC(C4)C2)C3)cc(O)c(C23CC4CC(CC(C4)C2)C3)c1C12CC3CC(CC(C3)C1)C2. The van der Waals surface area contributed by atoms with Crippen LogP contribution in [0.25, 0.3) is 0 Å². The molecule has 12 saturated carbocycles. The quantitative estimate of drug-likeness (QED) is 0.416. The second-order valence-corrected chi connectivity index (χ2v) is 18.1. The van der Waals surface area contributed by atoms with Crippen molar-refractivity contribution in [2.75, 3.05) is 0 Å². The predicted molar refractivity (Wildman–Crippen MR) is 157 cm³/mol. The Morgan fingerprint density at radius 2 is 0.821 bits per heavy atom. The lowest BCUT2D eigenvalue weighted by Crippen LogP contribution is -2.53. The van der Waals surface area contributed by atoms with Crippen molar-refractivity contribution in [1.29, 1.82) is 0 Å². The molecule has 13 rings (SSSR count). The van der Waals surface area contributed by atoms with Gasteiger partial charge in [-0.05, 0) is 209 Å². The summed E-state index contributed by atoms with van der Waals surface area (Å²) in [5.41, 5.74) is 7.97. The average Bonchev–Trinajstić information content (AvgIpc) is 2.85. The molecular weight excluding hydrogens is 472 g/mol. The summed E-state index contributed by atoms with van der Waals surface area (Å²) in [5.74, 6) is 9.41. The Morgan fingerprint density at radius 3 is 1.15 bits per heavy atom. The molecule has 1 N–H and O–H groups in total. The number of phenolic OH excluding ortho intramolecular Hbond substituents is 1. The molecule has 0 saturated heterocycles. The summed E-state index contributed by atoms with van der Waals surface area (Å²) in [7, 11) is 0. The maximum atomic E-state index is 12.6. The van der Waals surface area contributed by atoms with Crippen LogP contribution in [0.15, 0.2) is 6.07 Å². The van der Waals surface area contributed by atoms with Gasteiger partial charge >= 0.3 is 0 Å². The number of hydrogen-bond donors (Lipinski definition) is 1. The number of benzene rings is 1. The van der Waals surface area contributed by atoms with Crippen LogP contribution in [0.3, 0.4) is 0 Å². The van der Waals surface area contributed by atoms with Gasteiger partial charge in [-0.3, -0.25) is 0 Å². The normalized spacial score (nSPS) is 53.7. The van der Waals surface area contributed by atoms with E-state index in [2.05, 4.69) is 13.0 Å². The van der Waals surface area contributed by atoms with Gasteiger partial charge in [-0.15, -0.1) is 0 Å². The highest BCUT2D eigenvalue weighted by Crippen LogP contribution is 2.69. The first-order chi connectivity index (χ1) is 18.9. The Bertz CT molecular complexity index is 1110. The van der Waals surface area contributed by atoms with Crippen molar-refractivity contribution in [2.45, 2.75) is 145 Å².